The van der Waals surface area contributed by atoms with Crippen LogP contribution in [0.25, 0.3) is 0 Å². The highest BCUT2D eigenvalue weighted by atomic mass is 28.4. The molecule has 0 unspecified atom stereocenters. The van der Waals surface area contributed by atoms with Gasteiger partial charge in [0.1, 0.15) is 0 Å². The second-order valence-electron chi connectivity index (χ2n) is 10.3. The third kappa shape index (κ3) is 6.86. The Morgan fingerprint density at radius 1 is 1.07 bits per heavy atom. The lowest BCUT2D eigenvalue weighted by Crippen LogP contribution is -2.41. The highest BCUT2D eigenvalue weighted by Crippen LogP contribution is 2.43. The van der Waals surface area contributed by atoms with Crippen LogP contribution in [0.15, 0.2) is 42.5 Å². The number of allylic oxidation sites excluding steroid dienone is 1. The number of unbranched alkanes of at least 4 members (excludes halogenated alkanes) is 1. The first-order chi connectivity index (χ1) is 13.1. The molecular formula is C25H43NOSi. The van der Waals surface area contributed by atoms with Gasteiger partial charge in [-0.05, 0) is 74.8 Å². The molecule has 0 bridgehead atoms. The molecule has 0 N–H and O–H groups in total. The molecule has 0 radical (unpaired) electrons. The molecule has 2 rings (SSSR count). The highest BCUT2D eigenvalue weighted by Gasteiger charge is 2.37. The van der Waals surface area contributed by atoms with Crippen LogP contribution in [0.3, 0.4) is 0 Å². The predicted octanol–water partition coefficient (Wildman–Crippen LogP) is 6.89. The van der Waals surface area contributed by atoms with E-state index in [1.807, 2.05) is 0 Å². The fraction of sp³-hybridized carbons (Fsp3) is 0.680. The van der Waals surface area contributed by atoms with Crippen molar-refractivity contribution in [3.8, 4) is 0 Å². The van der Waals surface area contributed by atoms with Crippen molar-refractivity contribution < 1.29 is 4.43 Å². The van der Waals surface area contributed by atoms with Crippen molar-refractivity contribution in [1.29, 1.82) is 0 Å². The average Bonchev–Trinajstić information content (AvgIpc) is 2.62. The van der Waals surface area contributed by atoms with Gasteiger partial charge in [-0.2, -0.15) is 0 Å². The molecule has 1 saturated carbocycles. The first-order valence-corrected chi connectivity index (χ1v) is 14.1. The van der Waals surface area contributed by atoms with Crippen molar-refractivity contribution >= 4 is 8.32 Å². The van der Waals surface area contributed by atoms with Crippen molar-refractivity contribution in [2.45, 2.75) is 77.6 Å². The van der Waals surface area contributed by atoms with Gasteiger partial charge in [-0.3, -0.25) is 0 Å². The SMILES string of the molecule is C=C1[C@H](CCCCO[Si](C)(C)C(C)(C)C)C[C@H]1CCN(C)Cc1ccccc1. The van der Waals surface area contributed by atoms with E-state index in [-0.39, 0.29) is 0 Å². The summed E-state index contributed by atoms with van der Waals surface area (Å²) in [5, 5.41) is 0.316. The summed E-state index contributed by atoms with van der Waals surface area (Å²) >= 11 is 0. The smallest absolute Gasteiger partial charge is 0.191 e. The van der Waals surface area contributed by atoms with Crippen molar-refractivity contribution in [1.82, 2.24) is 4.90 Å². The van der Waals surface area contributed by atoms with E-state index in [0.717, 1.165) is 31.5 Å². The fourth-order valence-electron chi connectivity index (χ4n) is 3.81. The number of nitrogens with zero attached hydrogens (tertiary/aromatic N) is 1. The predicted molar refractivity (Wildman–Crippen MR) is 125 cm³/mol. The Morgan fingerprint density at radius 3 is 2.32 bits per heavy atom. The van der Waals surface area contributed by atoms with Crippen LogP contribution in [-0.4, -0.2) is 33.4 Å². The van der Waals surface area contributed by atoms with E-state index < -0.39 is 8.32 Å². The standard InChI is InChI=1S/C25H43NOSi/c1-21-23(15-11-12-18-27-28(6,7)25(2,3)4)19-24(21)16-17-26(5)20-22-13-9-8-10-14-22/h8-10,13-14,23-24H,1,11-12,15-20H2,2-7H3/t23-,24-/m1/s1. The van der Waals surface area contributed by atoms with Crippen molar-refractivity contribution in [3.05, 3.63) is 48.0 Å². The Hall–Kier alpha value is -0.903. The molecule has 28 heavy (non-hydrogen) atoms. The third-order valence-electron chi connectivity index (χ3n) is 6.99. The van der Waals surface area contributed by atoms with Crippen LogP contribution in [0.1, 0.15) is 58.4 Å². The second kappa shape index (κ2) is 10.2. The third-order valence-corrected chi connectivity index (χ3v) is 11.5. The lowest BCUT2D eigenvalue weighted by Gasteiger charge is -2.40. The van der Waals surface area contributed by atoms with E-state index in [0.29, 0.717) is 5.04 Å². The van der Waals surface area contributed by atoms with Gasteiger partial charge in [-0.15, -0.1) is 0 Å². The van der Waals surface area contributed by atoms with Crippen molar-refractivity contribution in [3.63, 3.8) is 0 Å². The Morgan fingerprint density at radius 2 is 1.71 bits per heavy atom. The van der Waals surface area contributed by atoms with Gasteiger partial charge in [0.05, 0.1) is 0 Å². The molecule has 0 aromatic heterocycles. The van der Waals surface area contributed by atoms with Crippen LogP contribution in [0, 0.1) is 11.8 Å². The van der Waals surface area contributed by atoms with Gasteiger partial charge in [0.15, 0.2) is 8.32 Å². The van der Waals surface area contributed by atoms with Crippen LogP contribution in [0.5, 0.6) is 0 Å². The number of rotatable bonds is 11. The molecule has 0 saturated heterocycles. The van der Waals surface area contributed by atoms with Crippen molar-refractivity contribution in [2.75, 3.05) is 20.2 Å². The summed E-state index contributed by atoms with van der Waals surface area (Å²) in [6.07, 6.45) is 6.38. The van der Waals surface area contributed by atoms with E-state index in [1.54, 1.807) is 0 Å². The molecular weight excluding hydrogens is 358 g/mol. The van der Waals surface area contributed by atoms with Crippen LogP contribution in [-0.2, 0) is 11.0 Å². The van der Waals surface area contributed by atoms with E-state index in [4.69, 9.17) is 4.43 Å². The first-order valence-electron chi connectivity index (χ1n) is 11.2. The molecule has 1 aliphatic rings. The number of hydrogen-bond acceptors (Lipinski definition) is 2. The van der Waals surface area contributed by atoms with Gasteiger partial charge in [0.2, 0.25) is 0 Å². The van der Waals surface area contributed by atoms with Crippen LogP contribution >= 0.6 is 0 Å². The minimum atomic E-state index is -1.57. The Bertz CT molecular complexity index is 605. The van der Waals surface area contributed by atoms with E-state index in [2.05, 4.69) is 82.7 Å². The molecule has 3 heteroatoms. The molecule has 1 fully saturated rings. The molecule has 0 aliphatic heterocycles. The maximum absolute atomic E-state index is 6.30. The summed E-state index contributed by atoms with van der Waals surface area (Å²) in [4.78, 5) is 2.44. The monoisotopic (exact) mass is 401 g/mol. The largest absolute Gasteiger partial charge is 0.417 e. The lowest BCUT2D eigenvalue weighted by molar-refractivity contribution is 0.227. The summed E-state index contributed by atoms with van der Waals surface area (Å²) in [6.45, 7) is 19.2. The molecule has 1 aliphatic carbocycles. The fourth-order valence-corrected chi connectivity index (χ4v) is 4.90. The molecule has 158 valence electrons. The Balaban J connectivity index is 1.56. The summed E-state index contributed by atoms with van der Waals surface area (Å²) in [6, 6.07) is 10.8. The lowest BCUT2D eigenvalue weighted by atomic mass is 9.67. The normalized spacial score (nSPS) is 20.5. The number of hydrogen-bond donors (Lipinski definition) is 0. The van der Waals surface area contributed by atoms with Crippen LogP contribution in [0.2, 0.25) is 18.1 Å². The van der Waals surface area contributed by atoms with Gasteiger partial charge in [0, 0.05) is 13.2 Å². The molecule has 0 amide bonds. The summed E-state index contributed by atoms with van der Waals surface area (Å²) in [5.41, 5.74) is 2.91. The van der Waals surface area contributed by atoms with Gasteiger partial charge in [0.25, 0.3) is 0 Å². The topological polar surface area (TPSA) is 12.5 Å². The van der Waals surface area contributed by atoms with Gasteiger partial charge in [-0.25, -0.2) is 0 Å². The minimum Gasteiger partial charge on any atom is -0.417 e. The van der Waals surface area contributed by atoms with Crippen LogP contribution < -0.4 is 0 Å². The average molecular weight is 402 g/mol. The maximum Gasteiger partial charge on any atom is 0.191 e. The van der Waals surface area contributed by atoms with E-state index in [9.17, 15) is 0 Å². The van der Waals surface area contributed by atoms with E-state index in [1.165, 1.54) is 43.2 Å². The maximum atomic E-state index is 6.30. The molecule has 1 aromatic carbocycles. The first kappa shape index (κ1) is 23.4. The molecule has 1 aromatic rings. The van der Waals surface area contributed by atoms with Crippen LogP contribution in [0.4, 0.5) is 0 Å². The minimum absolute atomic E-state index is 0.316. The zero-order valence-corrected chi connectivity index (χ0v) is 20.3. The molecule has 2 nitrogen and oxygen atoms in total. The second-order valence-corrected chi connectivity index (χ2v) is 15.1. The molecule has 0 spiro atoms. The zero-order valence-electron chi connectivity index (χ0n) is 19.3. The van der Waals surface area contributed by atoms with Gasteiger partial charge < -0.3 is 9.33 Å². The zero-order chi connectivity index (χ0) is 20.8. The molecule has 0 heterocycles. The number of benzene rings is 1. The van der Waals surface area contributed by atoms with Gasteiger partial charge >= 0.3 is 0 Å². The highest BCUT2D eigenvalue weighted by molar-refractivity contribution is 6.74. The Kier molecular flexibility index (Phi) is 8.54. The molecule has 2 atom stereocenters. The summed E-state index contributed by atoms with van der Waals surface area (Å²) < 4.78 is 6.30. The summed E-state index contributed by atoms with van der Waals surface area (Å²) in [7, 11) is 0.657. The quantitative estimate of drug-likeness (QED) is 0.227. The Labute approximate surface area is 175 Å². The van der Waals surface area contributed by atoms with Gasteiger partial charge in [-0.1, -0.05) is 69.7 Å². The van der Waals surface area contributed by atoms with E-state index >= 15 is 0 Å². The van der Waals surface area contributed by atoms with Crippen molar-refractivity contribution in [2.24, 2.45) is 11.8 Å². The summed E-state index contributed by atoms with van der Waals surface area (Å²) in [5.74, 6) is 1.50.